The summed E-state index contributed by atoms with van der Waals surface area (Å²) in [5.74, 6) is -0.756. The molecule has 0 bridgehead atoms. The summed E-state index contributed by atoms with van der Waals surface area (Å²) in [6, 6.07) is 7.29. The van der Waals surface area contributed by atoms with E-state index in [-0.39, 0.29) is 18.1 Å². The lowest BCUT2D eigenvalue weighted by atomic mass is 10.1. The van der Waals surface area contributed by atoms with Crippen molar-refractivity contribution in [2.45, 2.75) is 12.7 Å². The molecule has 10 heteroatoms. The molecule has 0 aliphatic heterocycles. The van der Waals surface area contributed by atoms with Gasteiger partial charge < -0.3 is 5.32 Å². The number of amides is 1. The van der Waals surface area contributed by atoms with E-state index in [1.807, 2.05) is 0 Å². The van der Waals surface area contributed by atoms with E-state index in [9.17, 15) is 22.8 Å². The van der Waals surface area contributed by atoms with Gasteiger partial charge in [-0.1, -0.05) is 12.1 Å². The monoisotopic (exact) mass is 389 g/mol. The minimum Gasteiger partial charge on any atom is -0.345 e. The topological polar surface area (TPSA) is 89.8 Å². The van der Waals surface area contributed by atoms with Crippen molar-refractivity contribution < 1.29 is 18.0 Å². The van der Waals surface area contributed by atoms with Gasteiger partial charge in [-0.15, -0.1) is 0 Å². The molecular formula is C18H14F3N5O2. The molecule has 2 heterocycles. The van der Waals surface area contributed by atoms with Crippen molar-refractivity contribution in [3.63, 3.8) is 0 Å². The number of nitrogens with zero attached hydrogens (tertiary/aromatic N) is 4. The molecule has 0 spiro atoms. The highest BCUT2D eigenvalue weighted by atomic mass is 19.4. The highest BCUT2D eigenvalue weighted by molar-refractivity contribution is 5.95. The van der Waals surface area contributed by atoms with Crippen molar-refractivity contribution in [3.05, 3.63) is 76.2 Å². The van der Waals surface area contributed by atoms with Crippen LogP contribution in [-0.4, -0.2) is 25.4 Å². The Morgan fingerprint density at radius 2 is 1.93 bits per heavy atom. The Hall–Kier alpha value is -3.56. The van der Waals surface area contributed by atoms with Gasteiger partial charge in [0.25, 0.3) is 11.5 Å². The number of rotatable bonds is 4. The largest absolute Gasteiger partial charge is 0.417 e. The number of halogens is 3. The second kappa shape index (κ2) is 7.59. The lowest BCUT2D eigenvalue weighted by Crippen LogP contribution is -2.30. The molecule has 144 valence electrons. The van der Waals surface area contributed by atoms with E-state index in [0.29, 0.717) is 5.69 Å². The van der Waals surface area contributed by atoms with Crippen molar-refractivity contribution in [2.75, 3.05) is 0 Å². The van der Waals surface area contributed by atoms with Crippen molar-refractivity contribution in [1.82, 2.24) is 24.8 Å². The highest BCUT2D eigenvalue weighted by Gasteiger charge is 2.34. The summed E-state index contributed by atoms with van der Waals surface area (Å²) in [7, 11) is 1.45. The maximum atomic E-state index is 13.1. The second-order valence-electron chi connectivity index (χ2n) is 5.78. The average molecular weight is 389 g/mol. The summed E-state index contributed by atoms with van der Waals surface area (Å²) in [5, 5.41) is 2.38. The van der Waals surface area contributed by atoms with Crippen LogP contribution in [0.15, 0.2) is 53.7 Å². The molecule has 0 aliphatic rings. The molecule has 1 N–H and O–H groups in total. The molecule has 0 unspecified atom stereocenters. The molecular weight excluding hydrogens is 375 g/mol. The standard InChI is InChI=1S/C18H14F3N5O2/c1-26-15(25-14(8-16(26)27)13-6-7-22-10-24-13)9-23-17(28)11-4-2-3-5-12(11)18(19,20)21/h2-8,10H,9H2,1H3,(H,23,28). The number of carbonyl (C=O) groups is 1. The molecule has 3 rings (SSSR count). The molecule has 0 fully saturated rings. The second-order valence-corrected chi connectivity index (χ2v) is 5.78. The van der Waals surface area contributed by atoms with Crippen LogP contribution in [0.1, 0.15) is 21.7 Å². The number of hydrogen-bond acceptors (Lipinski definition) is 5. The van der Waals surface area contributed by atoms with E-state index in [1.165, 1.54) is 42.3 Å². The van der Waals surface area contributed by atoms with Gasteiger partial charge in [0.05, 0.1) is 29.1 Å². The Labute approximate surface area is 156 Å². The Kier molecular flexibility index (Phi) is 5.21. The summed E-state index contributed by atoms with van der Waals surface area (Å²) < 4.78 is 40.4. The summed E-state index contributed by atoms with van der Waals surface area (Å²) in [5.41, 5.74) is -1.27. The van der Waals surface area contributed by atoms with E-state index >= 15 is 0 Å². The van der Waals surface area contributed by atoms with Gasteiger partial charge in [-0.3, -0.25) is 14.2 Å². The van der Waals surface area contributed by atoms with Crippen LogP contribution in [0.25, 0.3) is 11.4 Å². The molecule has 7 nitrogen and oxygen atoms in total. The van der Waals surface area contributed by atoms with Gasteiger partial charge in [0.1, 0.15) is 12.2 Å². The van der Waals surface area contributed by atoms with E-state index in [2.05, 4.69) is 20.3 Å². The first kappa shape index (κ1) is 19.2. The molecule has 1 aromatic carbocycles. The predicted molar refractivity (Wildman–Crippen MR) is 93.1 cm³/mol. The van der Waals surface area contributed by atoms with Crippen LogP contribution in [0.2, 0.25) is 0 Å². The SMILES string of the molecule is Cn1c(CNC(=O)c2ccccc2C(F)(F)F)nc(-c2ccncn2)cc1=O. The normalized spacial score (nSPS) is 11.3. The third-order valence-electron chi connectivity index (χ3n) is 3.96. The molecule has 1 amide bonds. The lowest BCUT2D eigenvalue weighted by Gasteiger charge is -2.14. The third kappa shape index (κ3) is 4.05. The molecule has 0 saturated carbocycles. The maximum absolute atomic E-state index is 13.1. The predicted octanol–water partition coefficient (Wildman–Crippen LogP) is 2.19. The summed E-state index contributed by atoms with van der Waals surface area (Å²) in [4.78, 5) is 36.5. The zero-order valence-corrected chi connectivity index (χ0v) is 14.6. The molecule has 2 aromatic heterocycles. The Morgan fingerprint density at radius 1 is 1.18 bits per heavy atom. The molecule has 0 radical (unpaired) electrons. The van der Waals surface area contributed by atoms with Crippen LogP contribution in [0.4, 0.5) is 13.2 Å². The summed E-state index contributed by atoms with van der Waals surface area (Å²) >= 11 is 0. The smallest absolute Gasteiger partial charge is 0.345 e. The van der Waals surface area contributed by atoms with Gasteiger partial charge in [-0.2, -0.15) is 13.2 Å². The van der Waals surface area contributed by atoms with E-state index in [4.69, 9.17) is 0 Å². The fourth-order valence-electron chi connectivity index (χ4n) is 2.50. The van der Waals surface area contributed by atoms with Gasteiger partial charge in [-0.25, -0.2) is 15.0 Å². The van der Waals surface area contributed by atoms with Gasteiger partial charge >= 0.3 is 6.18 Å². The minimum atomic E-state index is -4.66. The van der Waals surface area contributed by atoms with Crippen LogP contribution in [0.3, 0.4) is 0 Å². The van der Waals surface area contributed by atoms with Crippen molar-refractivity contribution in [1.29, 1.82) is 0 Å². The first-order valence-electron chi connectivity index (χ1n) is 8.05. The maximum Gasteiger partial charge on any atom is 0.417 e. The summed E-state index contributed by atoms with van der Waals surface area (Å²) in [6.07, 6.45) is -1.88. The number of hydrogen-bond donors (Lipinski definition) is 1. The van der Waals surface area contributed by atoms with Gasteiger partial charge in [-0.05, 0) is 18.2 Å². The van der Waals surface area contributed by atoms with Crippen LogP contribution in [0, 0.1) is 0 Å². The van der Waals surface area contributed by atoms with E-state index in [1.54, 1.807) is 6.07 Å². The minimum absolute atomic E-state index is 0.166. The first-order valence-corrected chi connectivity index (χ1v) is 8.05. The highest BCUT2D eigenvalue weighted by Crippen LogP contribution is 2.31. The van der Waals surface area contributed by atoms with E-state index < -0.39 is 28.8 Å². The quantitative estimate of drug-likeness (QED) is 0.739. The van der Waals surface area contributed by atoms with Crippen LogP contribution in [-0.2, 0) is 19.8 Å². The van der Waals surface area contributed by atoms with Crippen LogP contribution in [0.5, 0.6) is 0 Å². The number of benzene rings is 1. The Bertz CT molecular complexity index is 1060. The van der Waals surface area contributed by atoms with Gasteiger partial charge in [0.15, 0.2) is 0 Å². The zero-order chi connectivity index (χ0) is 20.3. The first-order chi connectivity index (χ1) is 13.3. The number of aromatic nitrogens is 4. The summed E-state index contributed by atoms with van der Waals surface area (Å²) in [6.45, 7) is -0.240. The third-order valence-corrected chi connectivity index (χ3v) is 3.96. The van der Waals surface area contributed by atoms with Crippen molar-refractivity contribution in [3.8, 4) is 11.4 Å². The average Bonchev–Trinajstić information content (AvgIpc) is 2.68. The number of alkyl halides is 3. The lowest BCUT2D eigenvalue weighted by molar-refractivity contribution is -0.137. The van der Waals surface area contributed by atoms with Crippen LogP contribution >= 0.6 is 0 Å². The van der Waals surface area contributed by atoms with Crippen LogP contribution < -0.4 is 10.9 Å². The van der Waals surface area contributed by atoms with Gasteiger partial charge in [0.2, 0.25) is 0 Å². The van der Waals surface area contributed by atoms with Gasteiger partial charge in [0, 0.05) is 19.3 Å². The van der Waals surface area contributed by atoms with E-state index in [0.717, 1.165) is 12.1 Å². The Balaban J connectivity index is 1.87. The van der Waals surface area contributed by atoms with Crippen molar-refractivity contribution >= 4 is 5.91 Å². The molecule has 0 atom stereocenters. The Morgan fingerprint density at radius 3 is 2.61 bits per heavy atom. The number of nitrogens with one attached hydrogen (secondary N) is 1. The fraction of sp³-hybridized carbons (Fsp3) is 0.167. The molecule has 0 saturated heterocycles. The molecule has 0 aliphatic carbocycles. The van der Waals surface area contributed by atoms with Crippen molar-refractivity contribution in [2.24, 2.45) is 7.05 Å². The zero-order valence-electron chi connectivity index (χ0n) is 14.6. The number of carbonyl (C=O) groups excluding carboxylic acids is 1. The molecule has 3 aromatic rings. The fourth-order valence-corrected chi connectivity index (χ4v) is 2.50. The molecule has 28 heavy (non-hydrogen) atoms.